The van der Waals surface area contributed by atoms with Crippen molar-refractivity contribution in [1.29, 1.82) is 0 Å². The summed E-state index contributed by atoms with van der Waals surface area (Å²) in [4.78, 5) is 44.2. The number of aromatic amines is 1. The van der Waals surface area contributed by atoms with Crippen LogP contribution in [0, 0.1) is 5.82 Å². The molecule has 1 saturated heterocycles. The first kappa shape index (κ1) is 20.8. The summed E-state index contributed by atoms with van der Waals surface area (Å²) in [5.41, 5.74) is 0.804. The Morgan fingerprint density at radius 3 is 2.80 bits per heavy atom. The molecular formula is C23H17FN6O5. The number of benzene rings is 1. The lowest BCUT2D eigenvalue weighted by atomic mass is 9.95. The molecule has 1 aromatic carbocycles. The smallest absolute Gasteiger partial charge is 0.322 e. The molecule has 0 aliphatic carbocycles. The van der Waals surface area contributed by atoms with Gasteiger partial charge in [0.2, 0.25) is 0 Å². The van der Waals surface area contributed by atoms with Gasteiger partial charge in [-0.25, -0.2) is 14.2 Å². The molecule has 4 aromatic rings. The number of carbonyl (C=O) groups is 3. The maximum atomic E-state index is 14.8. The van der Waals surface area contributed by atoms with Crippen molar-refractivity contribution in [2.75, 3.05) is 13.7 Å². The van der Waals surface area contributed by atoms with Crippen molar-refractivity contribution >= 4 is 28.9 Å². The second-order valence-corrected chi connectivity index (χ2v) is 8.27. The first-order valence-corrected chi connectivity index (χ1v) is 10.6. The van der Waals surface area contributed by atoms with Crippen molar-refractivity contribution in [2.24, 2.45) is 0 Å². The summed E-state index contributed by atoms with van der Waals surface area (Å²) in [5.74, 6) is -2.06. The highest BCUT2D eigenvalue weighted by molar-refractivity contribution is 6.08. The number of carbonyl (C=O) groups excluding carboxylic acids is 3. The van der Waals surface area contributed by atoms with Gasteiger partial charge in [0.1, 0.15) is 11.3 Å². The van der Waals surface area contributed by atoms with Crippen LogP contribution in [-0.4, -0.2) is 51.6 Å². The zero-order valence-corrected chi connectivity index (χ0v) is 18.2. The highest BCUT2D eigenvalue weighted by Crippen LogP contribution is 2.36. The average molecular weight is 476 g/mol. The standard InChI is InChI=1S/C23H17FN6O5/c1-34-16-4-2-11-9-30(20(31)18(11)19(16)24)10-23(21(32)28-22(33)29-23)17-6-14-15(35-17)5-3-13(27-14)12-7-25-26-8-12/h2-8H,9-10H2,1H3,(H,25,26)(H2,28,29,32,33). The van der Waals surface area contributed by atoms with E-state index in [0.29, 0.717) is 22.4 Å². The van der Waals surface area contributed by atoms with Crippen molar-refractivity contribution < 1.29 is 27.9 Å². The predicted octanol–water partition coefficient (Wildman–Crippen LogP) is 2.06. The lowest BCUT2D eigenvalue weighted by molar-refractivity contribution is -0.125. The summed E-state index contributed by atoms with van der Waals surface area (Å²) in [7, 11) is 1.31. The minimum atomic E-state index is -1.73. The molecule has 4 amide bonds. The fourth-order valence-corrected chi connectivity index (χ4v) is 4.51. The summed E-state index contributed by atoms with van der Waals surface area (Å²) in [5, 5.41) is 11.4. The van der Waals surface area contributed by atoms with Gasteiger partial charge >= 0.3 is 6.03 Å². The molecule has 3 aromatic heterocycles. The number of urea groups is 1. The number of H-pyrrole nitrogens is 1. The zero-order valence-electron chi connectivity index (χ0n) is 18.2. The van der Waals surface area contributed by atoms with E-state index < -0.39 is 29.2 Å². The van der Waals surface area contributed by atoms with E-state index in [1.54, 1.807) is 36.7 Å². The van der Waals surface area contributed by atoms with Gasteiger partial charge in [-0.3, -0.25) is 20.0 Å². The van der Waals surface area contributed by atoms with Crippen LogP contribution in [-0.2, 0) is 16.9 Å². The second kappa shape index (κ2) is 7.38. The monoisotopic (exact) mass is 476 g/mol. The Kier molecular flexibility index (Phi) is 4.40. The quantitative estimate of drug-likeness (QED) is 0.374. The number of ether oxygens (including phenoxy) is 1. The fraction of sp³-hybridized carbons (Fsp3) is 0.174. The van der Waals surface area contributed by atoms with Crippen LogP contribution in [0.15, 0.2) is 47.1 Å². The Labute approximate surface area is 196 Å². The number of halogens is 1. The summed E-state index contributed by atoms with van der Waals surface area (Å²) in [6.07, 6.45) is 3.30. The van der Waals surface area contributed by atoms with Crippen LogP contribution < -0.4 is 15.4 Å². The van der Waals surface area contributed by atoms with Crippen LogP contribution in [0.2, 0.25) is 0 Å². The summed E-state index contributed by atoms with van der Waals surface area (Å²) >= 11 is 0. The molecule has 0 saturated carbocycles. The summed E-state index contributed by atoms with van der Waals surface area (Å²) < 4.78 is 25.7. The first-order chi connectivity index (χ1) is 16.9. The van der Waals surface area contributed by atoms with E-state index >= 15 is 0 Å². The fourth-order valence-electron chi connectivity index (χ4n) is 4.51. The molecule has 6 rings (SSSR count). The number of furan rings is 1. The van der Waals surface area contributed by atoms with Gasteiger partial charge in [0.05, 0.1) is 31.1 Å². The number of hydrogen-bond acceptors (Lipinski definition) is 7. The molecule has 1 fully saturated rings. The van der Waals surface area contributed by atoms with Crippen LogP contribution >= 0.6 is 0 Å². The van der Waals surface area contributed by atoms with Gasteiger partial charge in [0.25, 0.3) is 11.8 Å². The molecule has 2 aliphatic heterocycles. The lowest BCUT2D eigenvalue weighted by Crippen LogP contribution is -2.52. The van der Waals surface area contributed by atoms with Gasteiger partial charge in [0, 0.05) is 24.4 Å². The van der Waals surface area contributed by atoms with Gasteiger partial charge in [-0.05, 0) is 23.8 Å². The number of rotatable bonds is 5. The molecule has 0 radical (unpaired) electrons. The number of hydrogen-bond donors (Lipinski definition) is 3. The van der Waals surface area contributed by atoms with E-state index in [1.807, 2.05) is 0 Å². The van der Waals surface area contributed by atoms with Crippen molar-refractivity contribution in [3.05, 3.63) is 65.4 Å². The highest BCUT2D eigenvalue weighted by Gasteiger charge is 2.53. The molecule has 11 nitrogen and oxygen atoms in total. The third-order valence-electron chi connectivity index (χ3n) is 6.23. The molecule has 35 heavy (non-hydrogen) atoms. The van der Waals surface area contributed by atoms with Crippen molar-refractivity contribution in [1.82, 2.24) is 30.7 Å². The van der Waals surface area contributed by atoms with Crippen LogP contribution in [0.4, 0.5) is 9.18 Å². The number of aromatic nitrogens is 3. The third kappa shape index (κ3) is 3.06. The molecule has 12 heteroatoms. The van der Waals surface area contributed by atoms with E-state index in [9.17, 15) is 18.8 Å². The van der Waals surface area contributed by atoms with Crippen molar-refractivity contribution in [2.45, 2.75) is 12.1 Å². The topological polar surface area (TPSA) is 142 Å². The van der Waals surface area contributed by atoms with Crippen LogP contribution in [0.25, 0.3) is 22.4 Å². The molecular weight excluding hydrogens is 459 g/mol. The molecule has 0 bridgehead atoms. The van der Waals surface area contributed by atoms with Gasteiger partial charge in [-0.1, -0.05) is 6.07 Å². The minimum Gasteiger partial charge on any atom is -0.494 e. The van der Waals surface area contributed by atoms with E-state index in [-0.39, 0.29) is 30.2 Å². The molecule has 1 unspecified atom stereocenters. The number of nitrogens with one attached hydrogen (secondary N) is 3. The summed E-state index contributed by atoms with van der Waals surface area (Å²) in [6, 6.07) is 7.26. The Morgan fingerprint density at radius 1 is 1.23 bits per heavy atom. The normalized spacial score (nSPS) is 19.3. The number of pyridine rings is 1. The third-order valence-corrected chi connectivity index (χ3v) is 6.23. The number of fused-ring (bicyclic) bond motifs is 2. The van der Waals surface area contributed by atoms with Crippen LogP contribution in [0.1, 0.15) is 21.7 Å². The number of imide groups is 1. The van der Waals surface area contributed by atoms with E-state index in [1.165, 1.54) is 18.1 Å². The Bertz CT molecular complexity index is 1530. The van der Waals surface area contributed by atoms with Crippen molar-refractivity contribution in [3.8, 4) is 17.0 Å². The van der Waals surface area contributed by atoms with Crippen LogP contribution in [0.5, 0.6) is 5.75 Å². The maximum absolute atomic E-state index is 14.8. The number of amides is 4. The maximum Gasteiger partial charge on any atom is 0.322 e. The Balaban J connectivity index is 1.40. The number of nitrogens with zero attached hydrogens (tertiary/aromatic N) is 3. The van der Waals surface area contributed by atoms with Gasteiger partial charge in [-0.15, -0.1) is 0 Å². The summed E-state index contributed by atoms with van der Waals surface area (Å²) in [6.45, 7) is -0.239. The molecule has 5 heterocycles. The van der Waals surface area contributed by atoms with Crippen LogP contribution in [0.3, 0.4) is 0 Å². The zero-order chi connectivity index (χ0) is 24.3. The Hall–Kier alpha value is -4.74. The van der Waals surface area contributed by atoms with Gasteiger partial charge < -0.3 is 19.4 Å². The number of methoxy groups -OCH3 is 1. The van der Waals surface area contributed by atoms with E-state index in [0.717, 1.165) is 5.56 Å². The van der Waals surface area contributed by atoms with Gasteiger partial charge in [0.15, 0.2) is 22.7 Å². The molecule has 3 N–H and O–H groups in total. The second-order valence-electron chi connectivity index (χ2n) is 8.27. The Morgan fingerprint density at radius 2 is 2.09 bits per heavy atom. The average Bonchev–Trinajstić information content (AvgIpc) is 3.61. The molecule has 176 valence electrons. The predicted molar refractivity (Wildman–Crippen MR) is 118 cm³/mol. The van der Waals surface area contributed by atoms with E-state index in [4.69, 9.17) is 9.15 Å². The minimum absolute atomic E-state index is 0.0447. The lowest BCUT2D eigenvalue weighted by Gasteiger charge is -2.28. The van der Waals surface area contributed by atoms with E-state index in [2.05, 4.69) is 25.8 Å². The first-order valence-electron chi connectivity index (χ1n) is 10.6. The SMILES string of the molecule is COc1ccc2c(c1F)C(=O)N(CC1(c3cc4nc(-c5cn[nH]c5)ccc4o3)NC(=O)NC1=O)C2. The molecule has 2 aliphatic rings. The van der Waals surface area contributed by atoms with Gasteiger partial charge in [-0.2, -0.15) is 5.10 Å². The largest absolute Gasteiger partial charge is 0.494 e. The molecule has 1 atom stereocenters. The molecule has 0 spiro atoms. The highest BCUT2D eigenvalue weighted by atomic mass is 19.1. The van der Waals surface area contributed by atoms with Crippen molar-refractivity contribution in [3.63, 3.8) is 0 Å².